The van der Waals surface area contributed by atoms with Crippen LogP contribution in [0.4, 0.5) is 4.39 Å². The first-order valence-corrected chi connectivity index (χ1v) is 5.20. The maximum atomic E-state index is 13.0. The summed E-state index contributed by atoms with van der Waals surface area (Å²) in [5.41, 5.74) is 2.28. The molecule has 1 radical (unpaired) electrons. The number of benzene rings is 1. The molecule has 2 rings (SSSR count). The van der Waals surface area contributed by atoms with Gasteiger partial charge in [0.25, 0.3) is 0 Å². The molecule has 0 spiro atoms. The van der Waals surface area contributed by atoms with Crippen molar-refractivity contribution < 1.29 is 4.39 Å². The molecule has 0 saturated heterocycles. The molecule has 0 amide bonds. The zero-order valence-corrected chi connectivity index (χ0v) is 9.09. The number of halogens is 2. The molecule has 14 heavy (non-hydrogen) atoms. The summed E-state index contributed by atoms with van der Waals surface area (Å²) < 4.78 is 13.0. The molecule has 1 aromatic carbocycles. The summed E-state index contributed by atoms with van der Waals surface area (Å²) in [5.74, 6) is -0.176. The van der Waals surface area contributed by atoms with Crippen LogP contribution >= 0.6 is 15.9 Å². The molecule has 0 aromatic heterocycles. The molecule has 0 bridgehead atoms. The summed E-state index contributed by atoms with van der Waals surface area (Å²) in [6.07, 6.45) is 3.96. The van der Waals surface area contributed by atoms with Crippen molar-refractivity contribution in [1.29, 1.82) is 0 Å². The van der Waals surface area contributed by atoms with Crippen LogP contribution in [0, 0.1) is 4.83 Å². The van der Waals surface area contributed by atoms with Crippen molar-refractivity contribution in [3.05, 3.63) is 58.7 Å². The van der Waals surface area contributed by atoms with Crippen LogP contribution in [-0.4, -0.2) is 0 Å². The summed E-state index contributed by atoms with van der Waals surface area (Å²) in [5, 5.41) is 0. The van der Waals surface area contributed by atoms with E-state index in [2.05, 4.69) is 15.9 Å². The van der Waals surface area contributed by atoms with E-state index in [1.54, 1.807) is 0 Å². The second-order valence-electron chi connectivity index (χ2n) is 3.15. The second kappa shape index (κ2) is 4.09. The average molecular weight is 252 g/mol. The molecular formula is C12H9BrF. The molecule has 0 heterocycles. The lowest BCUT2D eigenvalue weighted by atomic mass is 9.97. The van der Waals surface area contributed by atoms with E-state index in [1.165, 1.54) is 6.08 Å². The van der Waals surface area contributed by atoms with Crippen molar-refractivity contribution >= 4 is 21.5 Å². The first kappa shape index (κ1) is 9.66. The number of rotatable bonds is 1. The molecule has 0 atom stereocenters. The summed E-state index contributed by atoms with van der Waals surface area (Å²) in [6.45, 7) is 0. The van der Waals surface area contributed by atoms with Crippen LogP contribution < -0.4 is 0 Å². The SMILES string of the molecule is FC1=CC=C(c2ccccc2)C[C]1Br. The van der Waals surface area contributed by atoms with Crippen LogP contribution in [0.5, 0.6) is 0 Å². The highest BCUT2D eigenvalue weighted by Gasteiger charge is 2.17. The maximum absolute atomic E-state index is 13.0. The minimum absolute atomic E-state index is 0.176. The standard InChI is InChI=1S/C12H9BrF/c13-11-8-10(6-7-12(11)14)9-4-2-1-3-5-9/h1-7H,8H2. The number of allylic oxidation sites excluding steroid dienone is 4. The predicted molar refractivity (Wildman–Crippen MR) is 60.4 cm³/mol. The van der Waals surface area contributed by atoms with E-state index in [1.807, 2.05) is 36.4 Å². The molecule has 1 aliphatic rings. The largest absolute Gasteiger partial charge is 0.210 e. The molecule has 0 N–H and O–H groups in total. The zero-order chi connectivity index (χ0) is 9.97. The molecule has 1 aliphatic carbocycles. The Labute approximate surface area is 91.3 Å². The molecule has 0 aliphatic heterocycles. The Kier molecular flexibility index (Phi) is 2.82. The molecule has 0 nitrogen and oxygen atoms in total. The lowest BCUT2D eigenvalue weighted by Gasteiger charge is -2.14. The minimum Gasteiger partial charge on any atom is -0.210 e. The normalized spacial score (nSPS) is 17.6. The summed E-state index contributed by atoms with van der Waals surface area (Å²) in [7, 11) is 0. The zero-order valence-electron chi connectivity index (χ0n) is 7.50. The van der Waals surface area contributed by atoms with E-state index in [0.717, 1.165) is 11.1 Å². The van der Waals surface area contributed by atoms with E-state index in [-0.39, 0.29) is 5.83 Å². The fraction of sp³-hybridized carbons (Fsp3) is 0.0833. The number of hydrogen-bond acceptors (Lipinski definition) is 0. The van der Waals surface area contributed by atoms with Gasteiger partial charge in [0, 0.05) is 0 Å². The fourth-order valence-electron chi connectivity index (χ4n) is 1.43. The first-order chi connectivity index (χ1) is 6.77. The first-order valence-electron chi connectivity index (χ1n) is 4.41. The molecule has 1 aromatic rings. The van der Waals surface area contributed by atoms with Crippen LogP contribution in [0.1, 0.15) is 12.0 Å². The lowest BCUT2D eigenvalue weighted by molar-refractivity contribution is 0.636. The van der Waals surface area contributed by atoms with Gasteiger partial charge in [-0.05, 0) is 23.6 Å². The smallest absolute Gasteiger partial charge is 0.119 e. The summed E-state index contributed by atoms with van der Waals surface area (Å²) in [4.78, 5) is 0.624. The quantitative estimate of drug-likeness (QED) is 0.700. The third-order valence-corrected chi connectivity index (χ3v) is 2.84. The molecule has 0 unspecified atom stereocenters. The Bertz CT molecular complexity index is 379. The van der Waals surface area contributed by atoms with E-state index >= 15 is 0 Å². The Morgan fingerprint density at radius 1 is 1.07 bits per heavy atom. The monoisotopic (exact) mass is 251 g/mol. The van der Waals surface area contributed by atoms with Crippen molar-refractivity contribution in [3.8, 4) is 0 Å². The van der Waals surface area contributed by atoms with Crippen molar-refractivity contribution in [2.24, 2.45) is 0 Å². The van der Waals surface area contributed by atoms with Crippen LogP contribution in [0.2, 0.25) is 0 Å². The molecule has 0 fully saturated rings. The van der Waals surface area contributed by atoms with Gasteiger partial charge in [-0.1, -0.05) is 52.3 Å². The highest BCUT2D eigenvalue weighted by Crippen LogP contribution is 2.36. The Morgan fingerprint density at radius 3 is 2.43 bits per heavy atom. The van der Waals surface area contributed by atoms with Gasteiger partial charge in [0.1, 0.15) is 10.7 Å². The van der Waals surface area contributed by atoms with Gasteiger partial charge in [-0.2, -0.15) is 0 Å². The Hall–Kier alpha value is -0.890. The molecule has 2 heteroatoms. The van der Waals surface area contributed by atoms with Gasteiger partial charge in [-0.25, -0.2) is 4.39 Å². The van der Waals surface area contributed by atoms with Crippen LogP contribution in [0.15, 0.2) is 48.3 Å². The van der Waals surface area contributed by atoms with E-state index in [0.29, 0.717) is 11.2 Å². The van der Waals surface area contributed by atoms with Crippen LogP contribution in [-0.2, 0) is 0 Å². The van der Waals surface area contributed by atoms with Gasteiger partial charge < -0.3 is 0 Å². The van der Waals surface area contributed by atoms with Gasteiger partial charge in [0.2, 0.25) is 0 Å². The fourth-order valence-corrected chi connectivity index (χ4v) is 1.86. The van der Waals surface area contributed by atoms with E-state index in [9.17, 15) is 4.39 Å². The lowest BCUT2D eigenvalue weighted by Crippen LogP contribution is -1.96. The average Bonchev–Trinajstić information content (AvgIpc) is 2.23. The van der Waals surface area contributed by atoms with E-state index in [4.69, 9.17) is 0 Å². The van der Waals surface area contributed by atoms with Gasteiger partial charge in [0.15, 0.2) is 0 Å². The highest BCUT2D eigenvalue weighted by molar-refractivity contribution is 9.11. The third-order valence-electron chi connectivity index (χ3n) is 2.18. The van der Waals surface area contributed by atoms with Crippen molar-refractivity contribution in [1.82, 2.24) is 0 Å². The summed E-state index contributed by atoms with van der Waals surface area (Å²) >= 11 is 3.22. The second-order valence-corrected chi connectivity index (χ2v) is 4.11. The van der Waals surface area contributed by atoms with Gasteiger partial charge in [-0.3, -0.25) is 0 Å². The van der Waals surface area contributed by atoms with Gasteiger partial charge in [-0.15, -0.1) is 0 Å². The maximum Gasteiger partial charge on any atom is 0.119 e. The predicted octanol–water partition coefficient (Wildman–Crippen LogP) is 4.25. The van der Waals surface area contributed by atoms with Crippen molar-refractivity contribution in [2.45, 2.75) is 6.42 Å². The third kappa shape index (κ3) is 1.95. The van der Waals surface area contributed by atoms with E-state index < -0.39 is 0 Å². The topological polar surface area (TPSA) is 0 Å². The minimum atomic E-state index is -0.176. The Balaban J connectivity index is 2.30. The Morgan fingerprint density at radius 2 is 1.79 bits per heavy atom. The van der Waals surface area contributed by atoms with Gasteiger partial charge in [0.05, 0.1) is 0 Å². The van der Waals surface area contributed by atoms with Crippen LogP contribution in [0.25, 0.3) is 5.57 Å². The van der Waals surface area contributed by atoms with Crippen molar-refractivity contribution in [2.75, 3.05) is 0 Å². The van der Waals surface area contributed by atoms with Gasteiger partial charge >= 0.3 is 0 Å². The molecule has 71 valence electrons. The highest BCUT2D eigenvalue weighted by atomic mass is 79.9. The molecular weight excluding hydrogens is 243 g/mol. The number of hydrogen-bond donors (Lipinski definition) is 0. The summed E-state index contributed by atoms with van der Waals surface area (Å²) in [6, 6.07) is 10.0. The van der Waals surface area contributed by atoms with Crippen molar-refractivity contribution in [3.63, 3.8) is 0 Å². The molecule has 0 saturated carbocycles. The van der Waals surface area contributed by atoms with Crippen LogP contribution in [0.3, 0.4) is 0 Å².